The van der Waals surface area contributed by atoms with E-state index in [-0.39, 0.29) is 16.1 Å². The summed E-state index contributed by atoms with van der Waals surface area (Å²) in [7, 11) is 0. The van der Waals surface area contributed by atoms with E-state index < -0.39 is 5.82 Å². The van der Waals surface area contributed by atoms with Crippen LogP contribution in [0.3, 0.4) is 0 Å². The van der Waals surface area contributed by atoms with Crippen molar-refractivity contribution in [2.45, 2.75) is 19.4 Å². The van der Waals surface area contributed by atoms with E-state index in [1.807, 2.05) is 13.0 Å². The fourth-order valence-electron chi connectivity index (χ4n) is 1.11. The molecule has 2 nitrogen and oxygen atoms in total. The van der Waals surface area contributed by atoms with Crippen molar-refractivity contribution in [2.75, 3.05) is 5.32 Å². The van der Waals surface area contributed by atoms with E-state index in [1.165, 1.54) is 12.1 Å². The molecule has 0 spiro atoms. The van der Waals surface area contributed by atoms with Gasteiger partial charge in [-0.3, -0.25) is 0 Å². The number of hydrogen-bond donors (Lipinski definition) is 1. The molecule has 15 heavy (non-hydrogen) atoms. The van der Waals surface area contributed by atoms with Crippen molar-refractivity contribution in [2.24, 2.45) is 0 Å². The first-order chi connectivity index (χ1) is 7.04. The van der Waals surface area contributed by atoms with Gasteiger partial charge in [0.1, 0.15) is 0 Å². The zero-order valence-electron chi connectivity index (χ0n) is 8.02. The number of anilines is 1. The molecule has 0 aromatic heterocycles. The number of hydrogen-bond acceptors (Lipinski definition) is 2. The van der Waals surface area contributed by atoms with Gasteiger partial charge < -0.3 is 5.32 Å². The molecular formula is C10H9Cl2FN2. The Labute approximate surface area is 97.6 Å². The van der Waals surface area contributed by atoms with Crippen LogP contribution >= 0.6 is 23.2 Å². The van der Waals surface area contributed by atoms with Crippen LogP contribution in [-0.2, 0) is 0 Å². The first-order valence-corrected chi connectivity index (χ1v) is 5.08. The van der Waals surface area contributed by atoms with Crippen LogP contribution in [0.1, 0.15) is 13.3 Å². The molecule has 0 saturated heterocycles. The Balaban J connectivity index is 2.84. The van der Waals surface area contributed by atoms with E-state index >= 15 is 0 Å². The molecule has 0 bridgehead atoms. The van der Waals surface area contributed by atoms with Gasteiger partial charge in [0.05, 0.1) is 22.5 Å². The molecule has 0 radical (unpaired) electrons. The third-order valence-electron chi connectivity index (χ3n) is 1.79. The van der Waals surface area contributed by atoms with Crippen molar-refractivity contribution in [3.05, 3.63) is 28.0 Å². The predicted molar refractivity (Wildman–Crippen MR) is 59.7 cm³/mol. The molecule has 0 aliphatic rings. The largest absolute Gasteiger partial charge is 0.381 e. The predicted octanol–water partition coefficient (Wildman–Crippen LogP) is 3.85. The van der Waals surface area contributed by atoms with Crippen molar-refractivity contribution in [1.82, 2.24) is 0 Å². The van der Waals surface area contributed by atoms with Crippen LogP contribution < -0.4 is 5.32 Å². The topological polar surface area (TPSA) is 35.8 Å². The minimum Gasteiger partial charge on any atom is -0.381 e. The van der Waals surface area contributed by atoms with E-state index in [0.29, 0.717) is 12.1 Å². The lowest BCUT2D eigenvalue weighted by Gasteiger charge is -2.12. The van der Waals surface area contributed by atoms with Crippen molar-refractivity contribution in [1.29, 1.82) is 5.26 Å². The summed E-state index contributed by atoms with van der Waals surface area (Å²) in [6.45, 7) is 1.84. The smallest absolute Gasteiger partial charge is 0.160 e. The quantitative estimate of drug-likeness (QED) is 0.823. The molecule has 1 atom stereocenters. The minimum atomic E-state index is -0.628. The second-order valence-electron chi connectivity index (χ2n) is 3.16. The minimum absolute atomic E-state index is 0.0332. The summed E-state index contributed by atoms with van der Waals surface area (Å²) in [4.78, 5) is 0. The lowest BCUT2D eigenvalue weighted by Crippen LogP contribution is -2.14. The Hall–Kier alpha value is -0.980. The van der Waals surface area contributed by atoms with Gasteiger partial charge >= 0.3 is 0 Å². The Morgan fingerprint density at radius 2 is 2.00 bits per heavy atom. The first-order valence-electron chi connectivity index (χ1n) is 4.32. The second-order valence-corrected chi connectivity index (χ2v) is 3.98. The van der Waals surface area contributed by atoms with Gasteiger partial charge in [-0.2, -0.15) is 5.26 Å². The molecule has 1 rings (SSSR count). The van der Waals surface area contributed by atoms with Crippen LogP contribution in [-0.4, -0.2) is 6.04 Å². The van der Waals surface area contributed by atoms with Crippen molar-refractivity contribution in [3.8, 4) is 6.07 Å². The zero-order valence-corrected chi connectivity index (χ0v) is 9.53. The summed E-state index contributed by atoms with van der Waals surface area (Å²) in [6.07, 6.45) is 0.354. The second kappa shape index (κ2) is 5.20. The Morgan fingerprint density at radius 3 is 2.47 bits per heavy atom. The number of nitrogens with one attached hydrogen (secondary N) is 1. The highest BCUT2D eigenvalue weighted by atomic mass is 35.5. The van der Waals surface area contributed by atoms with Crippen molar-refractivity contribution in [3.63, 3.8) is 0 Å². The van der Waals surface area contributed by atoms with Gasteiger partial charge in [-0.05, 0) is 19.1 Å². The SMILES string of the molecule is CC(CC#N)Nc1cc(Cl)c(F)c(Cl)c1. The average Bonchev–Trinajstić information content (AvgIpc) is 2.14. The average molecular weight is 247 g/mol. The van der Waals surface area contributed by atoms with Gasteiger partial charge in [0.2, 0.25) is 0 Å². The summed E-state index contributed by atoms with van der Waals surface area (Å²) >= 11 is 11.2. The van der Waals surface area contributed by atoms with E-state index in [1.54, 1.807) is 0 Å². The van der Waals surface area contributed by atoms with Gasteiger partial charge in [0.25, 0.3) is 0 Å². The number of nitrogens with zero attached hydrogens (tertiary/aromatic N) is 1. The highest BCUT2D eigenvalue weighted by Gasteiger charge is 2.08. The summed E-state index contributed by atoms with van der Waals surface area (Å²) in [6, 6.07) is 4.87. The Morgan fingerprint density at radius 1 is 1.47 bits per heavy atom. The van der Waals surface area contributed by atoms with E-state index in [2.05, 4.69) is 5.32 Å². The molecule has 1 aromatic carbocycles. The molecule has 1 aromatic rings. The van der Waals surface area contributed by atoms with Crippen molar-refractivity contribution < 1.29 is 4.39 Å². The third kappa shape index (κ3) is 3.26. The molecule has 1 N–H and O–H groups in total. The maximum Gasteiger partial charge on any atom is 0.160 e. The maximum absolute atomic E-state index is 13.1. The van der Waals surface area contributed by atoms with Gasteiger partial charge in [-0.15, -0.1) is 0 Å². The Kier molecular flexibility index (Phi) is 4.19. The molecule has 0 fully saturated rings. The maximum atomic E-state index is 13.1. The van der Waals surface area contributed by atoms with E-state index in [4.69, 9.17) is 28.5 Å². The molecule has 0 amide bonds. The molecule has 80 valence electrons. The fraction of sp³-hybridized carbons (Fsp3) is 0.300. The van der Waals surface area contributed by atoms with Gasteiger partial charge in [0.15, 0.2) is 5.82 Å². The summed E-state index contributed by atoms with van der Waals surface area (Å²) in [5.41, 5.74) is 0.606. The zero-order chi connectivity index (χ0) is 11.4. The standard InChI is InChI=1S/C10H9Cl2FN2/c1-6(2-3-14)15-7-4-8(11)10(13)9(12)5-7/h4-6,15H,2H2,1H3. The molecule has 0 heterocycles. The van der Waals surface area contributed by atoms with Gasteiger partial charge in [-0.1, -0.05) is 23.2 Å². The van der Waals surface area contributed by atoms with Crippen LogP contribution in [0.2, 0.25) is 10.0 Å². The molecule has 0 aliphatic heterocycles. The fourth-order valence-corrected chi connectivity index (χ4v) is 1.60. The number of nitriles is 1. The normalized spacial score (nSPS) is 11.9. The lowest BCUT2D eigenvalue weighted by molar-refractivity contribution is 0.628. The van der Waals surface area contributed by atoms with Crippen LogP contribution in [0.25, 0.3) is 0 Å². The highest BCUT2D eigenvalue weighted by Crippen LogP contribution is 2.27. The monoisotopic (exact) mass is 246 g/mol. The summed E-state index contributed by atoms with van der Waals surface area (Å²) in [5, 5.41) is 11.4. The van der Waals surface area contributed by atoms with Crippen LogP contribution in [0, 0.1) is 17.1 Å². The molecule has 5 heteroatoms. The molecule has 1 unspecified atom stereocenters. The van der Waals surface area contributed by atoms with Crippen molar-refractivity contribution >= 4 is 28.9 Å². The number of rotatable bonds is 3. The van der Waals surface area contributed by atoms with E-state index in [9.17, 15) is 4.39 Å². The van der Waals surface area contributed by atoms with Gasteiger partial charge in [0, 0.05) is 11.7 Å². The molecule has 0 aliphatic carbocycles. The molecule has 0 saturated carbocycles. The third-order valence-corrected chi connectivity index (χ3v) is 2.34. The lowest BCUT2D eigenvalue weighted by atomic mass is 10.2. The summed E-state index contributed by atoms with van der Waals surface area (Å²) in [5.74, 6) is -0.628. The van der Waals surface area contributed by atoms with E-state index in [0.717, 1.165) is 0 Å². The summed E-state index contributed by atoms with van der Waals surface area (Å²) < 4.78 is 13.1. The Bertz CT molecular complexity index is 378. The number of benzene rings is 1. The molecular weight excluding hydrogens is 238 g/mol. The van der Waals surface area contributed by atoms with Crippen LogP contribution in [0.15, 0.2) is 12.1 Å². The first kappa shape index (κ1) is 12.1. The number of halogens is 3. The van der Waals surface area contributed by atoms with Crippen LogP contribution in [0.5, 0.6) is 0 Å². The van der Waals surface area contributed by atoms with Crippen LogP contribution in [0.4, 0.5) is 10.1 Å². The van der Waals surface area contributed by atoms with Gasteiger partial charge in [-0.25, -0.2) is 4.39 Å². The highest BCUT2D eigenvalue weighted by molar-refractivity contribution is 6.35.